The van der Waals surface area contributed by atoms with Gasteiger partial charge in [-0.15, -0.1) is 0 Å². The summed E-state index contributed by atoms with van der Waals surface area (Å²) < 4.78 is 4.97. The summed E-state index contributed by atoms with van der Waals surface area (Å²) in [6, 6.07) is 5.40. The van der Waals surface area contributed by atoms with Gasteiger partial charge in [0.1, 0.15) is 12.3 Å². The van der Waals surface area contributed by atoms with E-state index in [1.54, 1.807) is 23.4 Å². The molecule has 2 aromatic rings. The molecule has 2 aromatic heterocycles. The van der Waals surface area contributed by atoms with Crippen LogP contribution in [0.3, 0.4) is 0 Å². The first-order chi connectivity index (χ1) is 12.7. The average Bonchev–Trinajstić information content (AvgIpc) is 3.40. The van der Waals surface area contributed by atoms with Crippen LogP contribution in [0.25, 0.3) is 0 Å². The van der Waals surface area contributed by atoms with Crippen molar-refractivity contribution in [3.63, 3.8) is 0 Å². The van der Waals surface area contributed by atoms with E-state index in [9.17, 15) is 9.59 Å². The molecule has 4 rings (SSSR count). The summed E-state index contributed by atoms with van der Waals surface area (Å²) >= 11 is 0. The number of amides is 2. The van der Waals surface area contributed by atoms with Gasteiger partial charge in [0, 0.05) is 44.6 Å². The van der Waals surface area contributed by atoms with Gasteiger partial charge in [0.05, 0.1) is 11.8 Å². The van der Waals surface area contributed by atoms with Gasteiger partial charge in [-0.05, 0) is 30.2 Å². The summed E-state index contributed by atoms with van der Waals surface area (Å²) in [5.41, 5.74) is 7.95. The standard InChI is InChI=1S/C18H21N5O3/c24-17(14-3-10-26-12-14)22-6-8-23(9-7-22)18(25)16-11-15(20-21-16)13-1-4-19-5-2-13/h1-5,10,12,15-16,20-21H,6-9,11H2. The van der Waals surface area contributed by atoms with E-state index in [2.05, 4.69) is 15.8 Å². The molecule has 2 N–H and O–H groups in total. The maximum Gasteiger partial charge on any atom is 0.257 e. The van der Waals surface area contributed by atoms with Gasteiger partial charge in [-0.2, -0.15) is 0 Å². The molecular formula is C18H21N5O3. The lowest BCUT2D eigenvalue weighted by Crippen LogP contribution is -2.54. The molecule has 8 heteroatoms. The fraction of sp³-hybridized carbons (Fsp3) is 0.389. The molecule has 2 aliphatic rings. The summed E-state index contributed by atoms with van der Waals surface area (Å²) in [4.78, 5) is 32.7. The Labute approximate surface area is 151 Å². The first-order valence-electron chi connectivity index (χ1n) is 8.73. The van der Waals surface area contributed by atoms with E-state index in [1.165, 1.54) is 12.5 Å². The predicted octanol–water partition coefficient (Wildman–Crippen LogP) is 0.567. The third kappa shape index (κ3) is 3.33. The summed E-state index contributed by atoms with van der Waals surface area (Å²) in [7, 11) is 0. The highest BCUT2D eigenvalue weighted by molar-refractivity contribution is 5.94. The van der Waals surface area contributed by atoms with E-state index in [0.717, 1.165) is 5.56 Å². The van der Waals surface area contributed by atoms with E-state index < -0.39 is 0 Å². The molecule has 26 heavy (non-hydrogen) atoms. The number of nitrogens with one attached hydrogen (secondary N) is 2. The van der Waals surface area contributed by atoms with Crippen LogP contribution in [0.15, 0.2) is 47.5 Å². The molecule has 4 heterocycles. The molecule has 136 valence electrons. The number of furan rings is 1. The van der Waals surface area contributed by atoms with Gasteiger partial charge in [0.2, 0.25) is 5.91 Å². The number of aromatic nitrogens is 1. The lowest BCUT2D eigenvalue weighted by molar-refractivity contribution is -0.134. The number of pyridine rings is 1. The number of piperazine rings is 1. The second-order valence-electron chi connectivity index (χ2n) is 6.54. The number of carbonyl (C=O) groups is 2. The summed E-state index contributed by atoms with van der Waals surface area (Å²) in [6.07, 6.45) is 7.14. The van der Waals surface area contributed by atoms with Crippen molar-refractivity contribution in [2.75, 3.05) is 26.2 Å². The maximum atomic E-state index is 12.8. The Hall–Kier alpha value is -2.71. The zero-order valence-corrected chi connectivity index (χ0v) is 14.3. The normalized spacial score (nSPS) is 23.2. The van der Waals surface area contributed by atoms with E-state index in [-0.39, 0.29) is 23.9 Å². The predicted molar refractivity (Wildman–Crippen MR) is 92.8 cm³/mol. The highest BCUT2D eigenvalue weighted by atomic mass is 16.3. The van der Waals surface area contributed by atoms with Crippen molar-refractivity contribution in [2.45, 2.75) is 18.5 Å². The Balaban J connectivity index is 1.31. The second kappa shape index (κ2) is 7.27. The monoisotopic (exact) mass is 355 g/mol. The number of hydrogen-bond donors (Lipinski definition) is 2. The third-order valence-corrected chi connectivity index (χ3v) is 4.96. The lowest BCUT2D eigenvalue weighted by atomic mass is 10.0. The van der Waals surface area contributed by atoms with Crippen molar-refractivity contribution in [1.29, 1.82) is 0 Å². The van der Waals surface area contributed by atoms with Crippen LogP contribution in [0.1, 0.15) is 28.4 Å². The van der Waals surface area contributed by atoms with Crippen molar-refractivity contribution in [2.24, 2.45) is 0 Å². The SMILES string of the molecule is O=C(c1ccoc1)N1CCN(C(=O)C2CC(c3ccncc3)NN2)CC1. The van der Waals surface area contributed by atoms with Crippen LogP contribution < -0.4 is 10.9 Å². The van der Waals surface area contributed by atoms with Crippen LogP contribution in [0, 0.1) is 0 Å². The molecule has 2 aliphatic heterocycles. The molecule has 2 fully saturated rings. The van der Waals surface area contributed by atoms with Crippen LogP contribution in [-0.2, 0) is 4.79 Å². The van der Waals surface area contributed by atoms with E-state index in [4.69, 9.17) is 4.42 Å². The van der Waals surface area contributed by atoms with Gasteiger partial charge >= 0.3 is 0 Å². The van der Waals surface area contributed by atoms with Crippen LogP contribution in [0.2, 0.25) is 0 Å². The van der Waals surface area contributed by atoms with Crippen molar-refractivity contribution in [3.05, 3.63) is 54.2 Å². The Kier molecular flexibility index (Phi) is 4.68. The Morgan fingerprint density at radius 1 is 1.04 bits per heavy atom. The van der Waals surface area contributed by atoms with E-state index >= 15 is 0 Å². The fourth-order valence-electron chi connectivity index (χ4n) is 3.45. The highest BCUT2D eigenvalue weighted by Gasteiger charge is 2.34. The van der Waals surface area contributed by atoms with E-state index in [1.807, 2.05) is 17.0 Å². The van der Waals surface area contributed by atoms with Gasteiger partial charge in [-0.25, -0.2) is 10.9 Å². The molecule has 0 bridgehead atoms. The van der Waals surface area contributed by atoms with Crippen LogP contribution in [0.4, 0.5) is 0 Å². The number of hydrazine groups is 1. The number of rotatable bonds is 3. The topological polar surface area (TPSA) is 90.7 Å². The fourth-order valence-corrected chi connectivity index (χ4v) is 3.45. The quantitative estimate of drug-likeness (QED) is 0.836. The summed E-state index contributed by atoms with van der Waals surface area (Å²) in [6.45, 7) is 2.15. The van der Waals surface area contributed by atoms with Gasteiger partial charge < -0.3 is 14.2 Å². The molecule has 0 saturated carbocycles. The van der Waals surface area contributed by atoms with Crippen molar-refractivity contribution < 1.29 is 14.0 Å². The summed E-state index contributed by atoms with van der Waals surface area (Å²) in [5.74, 6) is 0.0220. The van der Waals surface area contributed by atoms with Crippen LogP contribution in [-0.4, -0.2) is 58.8 Å². The molecule has 8 nitrogen and oxygen atoms in total. The Morgan fingerprint density at radius 3 is 2.46 bits per heavy atom. The van der Waals surface area contributed by atoms with Crippen LogP contribution in [0.5, 0.6) is 0 Å². The molecule has 2 amide bonds. The van der Waals surface area contributed by atoms with E-state index in [0.29, 0.717) is 38.2 Å². The number of carbonyl (C=O) groups excluding carboxylic acids is 2. The molecule has 0 radical (unpaired) electrons. The molecule has 0 spiro atoms. The van der Waals surface area contributed by atoms with Gasteiger partial charge in [0.15, 0.2) is 0 Å². The largest absolute Gasteiger partial charge is 0.472 e. The Bertz CT molecular complexity index is 756. The first-order valence-corrected chi connectivity index (χ1v) is 8.73. The average molecular weight is 355 g/mol. The zero-order chi connectivity index (χ0) is 17.9. The van der Waals surface area contributed by atoms with Crippen molar-refractivity contribution in [3.8, 4) is 0 Å². The third-order valence-electron chi connectivity index (χ3n) is 4.96. The van der Waals surface area contributed by atoms with Gasteiger partial charge in [0.25, 0.3) is 5.91 Å². The minimum atomic E-state index is -0.260. The smallest absolute Gasteiger partial charge is 0.257 e. The maximum absolute atomic E-state index is 12.8. The summed E-state index contributed by atoms with van der Waals surface area (Å²) in [5, 5.41) is 0. The second-order valence-corrected chi connectivity index (χ2v) is 6.54. The number of hydrogen-bond acceptors (Lipinski definition) is 6. The van der Waals surface area contributed by atoms with Crippen LogP contribution >= 0.6 is 0 Å². The molecule has 2 saturated heterocycles. The Morgan fingerprint density at radius 2 is 1.77 bits per heavy atom. The molecule has 2 unspecified atom stereocenters. The molecular weight excluding hydrogens is 334 g/mol. The molecule has 0 aliphatic carbocycles. The van der Waals surface area contributed by atoms with Crippen molar-refractivity contribution in [1.82, 2.24) is 25.6 Å². The minimum absolute atomic E-state index is 0.0516. The first kappa shape index (κ1) is 16.7. The van der Waals surface area contributed by atoms with Crippen molar-refractivity contribution >= 4 is 11.8 Å². The zero-order valence-electron chi connectivity index (χ0n) is 14.3. The minimum Gasteiger partial charge on any atom is -0.472 e. The lowest BCUT2D eigenvalue weighted by Gasteiger charge is -2.35. The highest BCUT2D eigenvalue weighted by Crippen LogP contribution is 2.23. The molecule has 2 atom stereocenters. The van der Waals surface area contributed by atoms with Gasteiger partial charge in [-0.1, -0.05) is 0 Å². The number of nitrogens with zero attached hydrogens (tertiary/aromatic N) is 3. The van der Waals surface area contributed by atoms with Gasteiger partial charge in [-0.3, -0.25) is 14.6 Å². The molecule has 0 aromatic carbocycles.